The molecule has 0 unspecified atom stereocenters. The maximum absolute atomic E-state index is 12.6. The molecule has 0 aliphatic rings. The maximum atomic E-state index is 12.6. The van der Waals surface area contributed by atoms with Gasteiger partial charge in [-0.1, -0.05) is 18.2 Å². The zero-order valence-corrected chi connectivity index (χ0v) is 16.7. The molecule has 6 heteroatoms. The van der Waals surface area contributed by atoms with E-state index < -0.39 is 0 Å². The molecule has 6 nitrogen and oxygen atoms in total. The monoisotopic (exact) mass is 384 g/mol. The maximum Gasteiger partial charge on any atom is 0.255 e. The molecular weight excluding hydrogens is 356 g/mol. The molecule has 0 spiro atoms. The number of aryl methyl sites for hydroxylation is 1. The largest absolute Gasteiger partial charge is 0.491 e. The van der Waals surface area contributed by atoms with E-state index in [9.17, 15) is 9.59 Å². The first kappa shape index (κ1) is 21.4. The van der Waals surface area contributed by atoms with E-state index in [0.717, 1.165) is 5.56 Å². The van der Waals surface area contributed by atoms with Gasteiger partial charge in [0.15, 0.2) is 0 Å². The summed E-state index contributed by atoms with van der Waals surface area (Å²) in [5.74, 6) is 0.496. The predicted molar refractivity (Wildman–Crippen MR) is 110 cm³/mol. The zero-order valence-electron chi connectivity index (χ0n) is 16.7. The summed E-state index contributed by atoms with van der Waals surface area (Å²) in [5, 5.41) is 2.90. The highest BCUT2D eigenvalue weighted by molar-refractivity contribution is 6.04. The first-order valence-corrected chi connectivity index (χ1v) is 9.40. The Bertz CT molecular complexity index is 790. The molecule has 150 valence electrons. The summed E-state index contributed by atoms with van der Waals surface area (Å²) < 4.78 is 10.8. The number of rotatable bonds is 10. The molecule has 0 atom stereocenters. The zero-order chi connectivity index (χ0) is 20.4. The van der Waals surface area contributed by atoms with Gasteiger partial charge in [-0.3, -0.25) is 9.59 Å². The molecule has 0 radical (unpaired) electrons. The molecule has 0 fully saturated rings. The van der Waals surface area contributed by atoms with Crippen LogP contribution in [0.15, 0.2) is 48.5 Å². The van der Waals surface area contributed by atoms with Crippen LogP contribution in [0.1, 0.15) is 29.3 Å². The number of nitrogens with zero attached hydrogens (tertiary/aromatic N) is 1. The molecule has 0 aliphatic heterocycles. The van der Waals surface area contributed by atoms with Crippen molar-refractivity contribution in [1.29, 1.82) is 0 Å². The van der Waals surface area contributed by atoms with Crippen LogP contribution >= 0.6 is 0 Å². The summed E-state index contributed by atoms with van der Waals surface area (Å²) in [6.07, 6.45) is 1.06. The van der Waals surface area contributed by atoms with Gasteiger partial charge in [0, 0.05) is 38.4 Å². The molecule has 0 aromatic heterocycles. The number of ether oxygens (including phenoxy) is 2. The summed E-state index contributed by atoms with van der Waals surface area (Å²) in [6, 6.07) is 14.6. The Morgan fingerprint density at radius 2 is 1.82 bits per heavy atom. The van der Waals surface area contributed by atoms with Crippen LogP contribution < -0.4 is 10.1 Å². The topological polar surface area (TPSA) is 67.9 Å². The Balaban J connectivity index is 1.95. The van der Waals surface area contributed by atoms with Gasteiger partial charge in [0.25, 0.3) is 5.91 Å². The van der Waals surface area contributed by atoms with Gasteiger partial charge >= 0.3 is 0 Å². The standard InChI is InChI=1S/C22H28N2O4/c1-4-27-13-14-28-20-10-6-8-18(16-20)22(26)23-19-9-5-7-17(15-19)11-12-21(25)24(2)3/h5-10,15-16H,4,11-14H2,1-3H3,(H,23,26). The highest BCUT2D eigenvalue weighted by atomic mass is 16.5. The number of nitrogens with one attached hydrogen (secondary N) is 1. The Morgan fingerprint density at radius 3 is 2.57 bits per heavy atom. The molecule has 2 amide bonds. The fourth-order valence-corrected chi connectivity index (χ4v) is 2.57. The van der Waals surface area contributed by atoms with E-state index in [4.69, 9.17) is 9.47 Å². The first-order chi connectivity index (χ1) is 13.5. The van der Waals surface area contributed by atoms with Crippen molar-refractivity contribution in [3.8, 4) is 5.75 Å². The van der Waals surface area contributed by atoms with Crippen LogP contribution in [-0.4, -0.2) is 50.6 Å². The number of carbonyl (C=O) groups excluding carboxylic acids is 2. The summed E-state index contributed by atoms with van der Waals surface area (Å²) in [5.41, 5.74) is 2.21. The highest BCUT2D eigenvalue weighted by Crippen LogP contribution is 2.17. The van der Waals surface area contributed by atoms with E-state index in [1.165, 1.54) is 0 Å². The number of hydrogen-bond acceptors (Lipinski definition) is 4. The van der Waals surface area contributed by atoms with E-state index in [-0.39, 0.29) is 11.8 Å². The highest BCUT2D eigenvalue weighted by Gasteiger charge is 2.09. The predicted octanol–water partition coefficient (Wildman–Crippen LogP) is 3.38. The lowest BCUT2D eigenvalue weighted by atomic mass is 10.1. The van der Waals surface area contributed by atoms with Crippen LogP contribution in [0.5, 0.6) is 5.75 Å². The molecule has 0 bridgehead atoms. The van der Waals surface area contributed by atoms with Gasteiger partial charge in [-0.15, -0.1) is 0 Å². The SMILES string of the molecule is CCOCCOc1cccc(C(=O)Nc2cccc(CCC(=O)N(C)C)c2)c1. The normalized spacial score (nSPS) is 10.4. The van der Waals surface area contributed by atoms with Crippen molar-refractivity contribution in [2.75, 3.05) is 39.2 Å². The minimum Gasteiger partial charge on any atom is -0.491 e. The van der Waals surface area contributed by atoms with Crippen molar-refractivity contribution in [1.82, 2.24) is 4.90 Å². The molecule has 2 aromatic carbocycles. The second-order valence-electron chi connectivity index (χ2n) is 6.52. The smallest absolute Gasteiger partial charge is 0.255 e. The second kappa shape index (κ2) is 11.1. The molecule has 0 heterocycles. The summed E-state index contributed by atoms with van der Waals surface area (Å²) in [4.78, 5) is 25.9. The number of hydrogen-bond donors (Lipinski definition) is 1. The van der Waals surface area contributed by atoms with E-state index in [2.05, 4.69) is 5.32 Å². The molecule has 0 saturated heterocycles. The van der Waals surface area contributed by atoms with E-state index in [0.29, 0.717) is 49.7 Å². The van der Waals surface area contributed by atoms with E-state index >= 15 is 0 Å². The van der Waals surface area contributed by atoms with Crippen LogP contribution in [-0.2, 0) is 16.0 Å². The lowest BCUT2D eigenvalue weighted by Crippen LogP contribution is -2.21. The van der Waals surface area contributed by atoms with Crippen molar-refractivity contribution in [2.24, 2.45) is 0 Å². The molecule has 2 aromatic rings. The van der Waals surface area contributed by atoms with Crippen molar-refractivity contribution in [3.63, 3.8) is 0 Å². The summed E-state index contributed by atoms with van der Waals surface area (Å²) in [7, 11) is 3.49. The molecule has 2 rings (SSSR count). The summed E-state index contributed by atoms with van der Waals surface area (Å²) in [6.45, 7) is 3.52. The first-order valence-electron chi connectivity index (χ1n) is 9.40. The Labute approximate surface area is 166 Å². The number of carbonyl (C=O) groups is 2. The molecule has 1 N–H and O–H groups in total. The van der Waals surface area contributed by atoms with Crippen LogP contribution in [0.4, 0.5) is 5.69 Å². The molecule has 28 heavy (non-hydrogen) atoms. The number of anilines is 1. The lowest BCUT2D eigenvalue weighted by molar-refractivity contribution is -0.128. The third-order valence-corrected chi connectivity index (χ3v) is 4.11. The van der Waals surface area contributed by atoms with Crippen LogP contribution in [0.3, 0.4) is 0 Å². The Kier molecular flexibility index (Phi) is 8.49. The third-order valence-electron chi connectivity index (χ3n) is 4.11. The van der Waals surface area contributed by atoms with Crippen molar-refractivity contribution in [2.45, 2.75) is 19.8 Å². The molecule has 0 saturated carbocycles. The van der Waals surface area contributed by atoms with Gasteiger partial charge < -0.3 is 19.7 Å². The molecular formula is C22H28N2O4. The van der Waals surface area contributed by atoms with Crippen LogP contribution in [0.25, 0.3) is 0 Å². The van der Waals surface area contributed by atoms with Gasteiger partial charge in [-0.2, -0.15) is 0 Å². The molecule has 0 aliphatic carbocycles. The lowest BCUT2D eigenvalue weighted by Gasteiger charge is -2.11. The van der Waals surface area contributed by atoms with Gasteiger partial charge in [0.1, 0.15) is 12.4 Å². The van der Waals surface area contributed by atoms with E-state index in [1.807, 2.05) is 37.3 Å². The van der Waals surface area contributed by atoms with Crippen molar-refractivity contribution >= 4 is 17.5 Å². The van der Waals surface area contributed by atoms with Gasteiger partial charge in [0.2, 0.25) is 5.91 Å². The van der Waals surface area contributed by atoms with Crippen molar-refractivity contribution < 1.29 is 19.1 Å². The van der Waals surface area contributed by atoms with Crippen molar-refractivity contribution in [3.05, 3.63) is 59.7 Å². The average molecular weight is 384 g/mol. The summed E-state index contributed by atoms with van der Waals surface area (Å²) >= 11 is 0. The van der Waals surface area contributed by atoms with Gasteiger partial charge in [-0.05, 0) is 49.2 Å². The third kappa shape index (κ3) is 7.04. The van der Waals surface area contributed by atoms with Gasteiger partial charge in [-0.25, -0.2) is 0 Å². The average Bonchev–Trinajstić information content (AvgIpc) is 2.70. The fraction of sp³-hybridized carbons (Fsp3) is 0.364. The number of benzene rings is 2. The fourth-order valence-electron chi connectivity index (χ4n) is 2.57. The Morgan fingerprint density at radius 1 is 1.04 bits per heavy atom. The minimum absolute atomic E-state index is 0.0793. The minimum atomic E-state index is -0.211. The van der Waals surface area contributed by atoms with Crippen LogP contribution in [0, 0.1) is 0 Å². The quantitative estimate of drug-likeness (QED) is 0.638. The van der Waals surface area contributed by atoms with Gasteiger partial charge in [0.05, 0.1) is 6.61 Å². The van der Waals surface area contributed by atoms with E-state index in [1.54, 1.807) is 37.2 Å². The number of amides is 2. The second-order valence-corrected chi connectivity index (χ2v) is 6.52. The van der Waals surface area contributed by atoms with Crippen LogP contribution in [0.2, 0.25) is 0 Å². The Hall–Kier alpha value is -2.86.